The van der Waals surface area contributed by atoms with Crippen LogP contribution in [-0.2, 0) is 0 Å². The predicted octanol–water partition coefficient (Wildman–Crippen LogP) is 3.31. The van der Waals surface area contributed by atoms with Gasteiger partial charge in [0, 0.05) is 6.54 Å². The van der Waals surface area contributed by atoms with Gasteiger partial charge in [-0.2, -0.15) is 0 Å². The quantitative estimate of drug-likeness (QED) is 0.772. The zero-order valence-electron chi connectivity index (χ0n) is 12.8. The summed E-state index contributed by atoms with van der Waals surface area (Å²) in [6, 6.07) is 5.79. The van der Waals surface area contributed by atoms with Crippen LogP contribution in [0.3, 0.4) is 0 Å². The van der Waals surface area contributed by atoms with E-state index in [4.69, 9.17) is 4.74 Å². The molecule has 0 amide bonds. The number of ketones is 1. The first-order chi connectivity index (χ1) is 9.63. The average molecular weight is 275 g/mol. The van der Waals surface area contributed by atoms with Crippen LogP contribution in [0.2, 0.25) is 0 Å². The van der Waals surface area contributed by atoms with Crippen LogP contribution >= 0.6 is 0 Å². The van der Waals surface area contributed by atoms with Crippen molar-refractivity contribution in [2.45, 2.75) is 33.1 Å². The van der Waals surface area contributed by atoms with Crippen molar-refractivity contribution in [2.75, 3.05) is 26.7 Å². The molecule has 1 saturated heterocycles. The molecule has 2 rings (SSSR count). The first kappa shape index (κ1) is 15.0. The summed E-state index contributed by atoms with van der Waals surface area (Å²) in [6.45, 7) is 6.84. The number of nitrogens with zero attached hydrogens (tertiary/aromatic N) is 1. The molecule has 3 nitrogen and oxygen atoms in total. The van der Waals surface area contributed by atoms with Crippen molar-refractivity contribution in [3.8, 4) is 5.75 Å². The molecule has 0 spiro atoms. The van der Waals surface area contributed by atoms with Gasteiger partial charge < -0.3 is 4.74 Å². The average Bonchev–Trinajstić information content (AvgIpc) is 2.47. The lowest BCUT2D eigenvalue weighted by molar-refractivity contribution is 0.0882. The summed E-state index contributed by atoms with van der Waals surface area (Å²) in [5.74, 6) is 1.61. The number of methoxy groups -OCH3 is 1. The summed E-state index contributed by atoms with van der Waals surface area (Å²) in [5.41, 5.74) is 1.82. The third-order valence-electron chi connectivity index (χ3n) is 4.21. The fourth-order valence-electron chi connectivity index (χ4n) is 2.95. The highest BCUT2D eigenvalue weighted by molar-refractivity contribution is 6.00. The zero-order chi connectivity index (χ0) is 14.5. The second kappa shape index (κ2) is 6.89. The van der Waals surface area contributed by atoms with Crippen molar-refractivity contribution in [1.29, 1.82) is 0 Å². The Morgan fingerprint density at radius 2 is 2.25 bits per heavy atom. The van der Waals surface area contributed by atoms with Crippen molar-refractivity contribution in [3.05, 3.63) is 29.3 Å². The molecular weight excluding hydrogens is 250 g/mol. The summed E-state index contributed by atoms with van der Waals surface area (Å²) >= 11 is 0. The summed E-state index contributed by atoms with van der Waals surface area (Å²) in [5, 5.41) is 0. The minimum absolute atomic E-state index is 0.165. The normalized spacial score (nSPS) is 19.9. The van der Waals surface area contributed by atoms with Crippen molar-refractivity contribution in [1.82, 2.24) is 4.90 Å². The standard InChI is InChI=1S/C17H25NO2/c1-4-14-6-5-9-18(11-14)12-16(19)15-8-7-13(2)10-17(15)20-3/h7-8,10,14H,4-6,9,11-12H2,1-3H3. The maximum absolute atomic E-state index is 12.5. The number of piperidine rings is 1. The van der Waals surface area contributed by atoms with Crippen molar-refractivity contribution >= 4 is 5.78 Å². The van der Waals surface area contributed by atoms with Gasteiger partial charge in [0.1, 0.15) is 5.75 Å². The molecule has 1 heterocycles. The van der Waals surface area contributed by atoms with E-state index in [1.165, 1.54) is 19.3 Å². The molecule has 1 aliphatic rings. The van der Waals surface area contributed by atoms with E-state index in [9.17, 15) is 4.79 Å². The van der Waals surface area contributed by atoms with Gasteiger partial charge in [-0.25, -0.2) is 0 Å². The fraction of sp³-hybridized carbons (Fsp3) is 0.588. The molecule has 0 aromatic heterocycles. The van der Waals surface area contributed by atoms with Crippen LogP contribution in [0.4, 0.5) is 0 Å². The summed E-state index contributed by atoms with van der Waals surface area (Å²) in [6.07, 6.45) is 3.71. The molecule has 1 fully saturated rings. The molecule has 1 aliphatic heterocycles. The Bertz CT molecular complexity index is 470. The Labute approximate surface area is 121 Å². The predicted molar refractivity (Wildman–Crippen MR) is 81.5 cm³/mol. The van der Waals surface area contributed by atoms with Gasteiger partial charge in [0.15, 0.2) is 5.78 Å². The van der Waals surface area contributed by atoms with Crippen LogP contribution in [0.1, 0.15) is 42.1 Å². The molecule has 0 bridgehead atoms. The van der Waals surface area contributed by atoms with Crippen LogP contribution in [0.15, 0.2) is 18.2 Å². The van der Waals surface area contributed by atoms with E-state index in [1.54, 1.807) is 7.11 Å². The summed E-state index contributed by atoms with van der Waals surface area (Å²) in [4.78, 5) is 14.8. The number of ether oxygens (including phenoxy) is 1. The van der Waals surface area contributed by atoms with Crippen molar-refractivity contribution in [2.24, 2.45) is 5.92 Å². The van der Waals surface area contributed by atoms with Crippen LogP contribution in [0.5, 0.6) is 5.75 Å². The lowest BCUT2D eigenvalue weighted by Gasteiger charge is -2.31. The maximum Gasteiger partial charge on any atom is 0.180 e. The fourth-order valence-corrected chi connectivity index (χ4v) is 2.95. The number of hydrogen-bond donors (Lipinski definition) is 0. The molecule has 0 aliphatic carbocycles. The molecule has 1 unspecified atom stereocenters. The second-order valence-electron chi connectivity index (χ2n) is 5.78. The molecule has 0 saturated carbocycles. The van der Waals surface area contributed by atoms with Gasteiger partial charge in [0.05, 0.1) is 19.2 Å². The van der Waals surface area contributed by atoms with E-state index in [1.807, 2.05) is 25.1 Å². The Morgan fingerprint density at radius 3 is 2.95 bits per heavy atom. The smallest absolute Gasteiger partial charge is 0.180 e. The highest BCUT2D eigenvalue weighted by Crippen LogP contribution is 2.23. The molecule has 0 N–H and O–H groups in total. The minimum Gasteiger partial charge on any atom is -0.496 e. The highest BCUT2D eigenvalue weighted by atomic mass is 16.5. The Kier molecular flexibility index (Phi) is 5.18. The number of Topliss-reactive ketones (excluding diaryl/α,β-unsaturated/α-hetero) is 1. The number of hydrogen-bond acceptors (Lipinski definition) is 3. The van der Waals surface area contributed by atoms with Gasteiger partial charge in [-0.05, 0) is 49.9 Å². The van der Waals surface area contributed by atoms with E-state index in [2.05, 4.69) is 11.8 Å². The minimum atomic E-state index is 0.165. The van der Waals surface area contributed by atoms with Gasteiger partial charge >= 0.3 is 0 Å². The number of carbonyl (C=O) groups excluding carboxylic acids is 1. The van der Waals surface area contributed by atoms with E-state index in [-0.39, 0.29) is 5.78 Å². The topological polar surface area (TPSA) is 29.5 Å². The van der Waals surface area contributed by atoms with Crippen LogP contribution in [0, 0.1) is 12.8 Å². The van der Waals surface area contributed by atoms with Crippen molar-refractivity contribution in [3.63, 3.8) is 0 Å². The van der Waals surface area contributed by atoms with Gasteiger partial charge in [-0.1, -0.05) is 19.4 Å². The van der Waals surface area contributed by atoms with E-state index >= 15 is 0 Å². The van der Waals surface area contributed by atoms with Gasteiger partial charge in [-0.3, -0.25) is 9.69 Å². The Morgan fingerprint density at radius 1 is 1.45 bits per heavy atom. The number of likely N-dealkylation sites (tertiary alicyclic amines) is 1. The molecule has 110 valence electrons. The molecule has 1 aromatic rings. The monoisotopic (exact) mass is 275 g/mol. The third kappa shape index (κ3) is 3.60. The molecule has 0 radical (unpaired) electrons. The number of aryl methyl sites for hydroxylation is 1. The SMILES string of the molecule is CCC1CCCN(CC(=O)c2ccc(C)cc2OC)C1. The van der Waals surface area contributed by atoms with Crippen LogP contribution in [0.25, 0.3) is 0 Å². The molecular formula is C17H25NO2. The molecule has 1 atom stereocenters. The third-order valence-corrected chi connectivity index (χ3v) is 4.21. The molecule has 1 aromatic carbocycles. The Hall–Kier alpha value is -1.35. The van der Waals surface area contributed by atoms with Crippen LogP contribution < -0.4 is 4.74 Å². The van der Waals surface area contributed by atoms with Crippen LogP contribution in [-0.4, -0.2) is 37.4 Å². The number of benzene rings is 1. The van der Waals surface area contributed by atoms with E-state index in [0.29, 0.717) is 17.9 Å². The second-order valence-corrected chi connectivity index (χ2v) is 5.78. The lowest BCUT2D eigenvalue weighted by atomic mass is 9.95. The zero-order valence-corrected chi connectivity index (χ0v) is 12.8. The maximum atomic E-state index is 12.5. The van der Waals surface area contributed by atoms with Gasteiger partial charge in [0.25, 0.3) is 0 Å². The van der Waals surface area contributed by atoms with E-state index < -0.39 is 0 Å². The lowest BCUT2D eigenvalue weighted by Crippen LogP contribution is -2.38. The van der Waals surface area contributed by atoms with Gasteiger partial charge in [-0.15, -0.1) is 0 Å². The Balaban J connectivity index is 2.04. The van der Waals surface area contributed by atoms with Crippen molar-refractivity contribution < 1.29 is 9.53 Å². The number of rotatable bonds is 5. The molecule has 20 heavy (non-hydrogen) atoms. The first-order valence-corrected chi connectivity index (χ1v) is 7.54. The summed E-state index contributed by atoms with van der Waals surface area (Å²) < 4.78 is 5.34. The summed E-state index contributed by atoms with van der Waals surface area (Å²) in [7, 11) is 1.62. The number of carbonyl (C=O) groups is 1. The van der Waals surface area contributed by atoms with Gasteiger partial charge in [0.2, 0.25) is 0 Å². The first-order valence-electron chi connectivity index (χ1n) is 7.54. The van der Waals surface area contributed by atoms with E-state index in [0.717, 1.165) is 24.6 Å². The molecule has 3 heteroatoms. The largest absolute Gasteiger partial charge is 0.496 e. The highest BCUT2D eigenvalue weighted by Gasteiger charge is 2.22.